The molecule has 1 aliphatic rings. The molecule has 6 nitrogen and oxygen atoms in total. The summed E-state index contributed by atoms with van der Waals surface area (Å²) in [5.41, 5.74) is 1.87. The van der Waals surface area contributed by atoms with E-state index in [2.05, 4.69) is 18.6 Å². The normalized spacial score (nSPS) is 17.0. The third-order valence-corrected chi connectivity index (χ3v) is 4.60. The van der Waals surface area contributed by atoms with Crippen LogP contribution in [0.1, 0.15) is 48.5 Å². The van der Waals surface area contributed by atoms with Gasteiger partial charge in [-0.1, -0.05) is 26.0 Å². The topological polar surface area (TPSA) is 92.5 Å². The van der Waals surface area contributed by atoms with Crippen LogP contribution in [-0.2, 0) is 10.2 Å². The molecule has 0 saturated carbocycles. The third-order valence-electron chi connectivity index (χ3n) is 3.94. The molecule has 0 aliphatic carbocycles. The lowest BCUT2D eigenvalue weighted by molar-refractivity contribution is 0.0711. The second kappa shape index (κ2) is 6.76. The second-order valence-corrected chi connectivity index (χ2v) is 7.33. The van der Waals surface area contributed by atoms with Gasteiger partial charge < -0.3 is 4.90 Å². The van der Waals surface area contributed by atoms with E-state index in [1.807, 2.05) is 24.3 Å². The van der Waals surface area contributed by atoms with Crippen LogP contribution in [0.5, 0.6) is 0 Å². The first-order valence-corrected chi connectivity index (χ1v) is 9.00. The van der Waals surface area contributed by atoms with Gasteiger partial charge in [0.2, 0.25) is 0 Å². The van der Waals surface area contributed by atoms with Gasteiger partial charge in [0.25, 0.3) is 16.1 Å². The van der Waals surface area contributed by atoms with Crippen LogP contribution in [0.3, 0.4) is 0 Å². The Morgan fingerprint density at radius 3 is 2.23 bits per heavy atom. The van der Waals surface area contributed by atoms with Gasteiger partial charge in [-0.3, -0.25) is 4.79 Å². The van der Waals surface area contributed by atoms with E-state index in [4.69, 9.17) is 5.14 Å². The highest BCUT2D eigenvalue weighted by Crippen LogP contribution is 2.18. The lowest BCUT2D eigenvalue weighted by atomic mass is 10.0. The zero-order valence-electron chi connectivity index (χ0n) is 13.0. The van der Waals surface area contributed by atoms with Crippen LogP contribution in [0.4, 0.5) is 0 Å². The highest BCUT2D eigenvalue weighted by Gasteiger charge is 2.25. The number of hydrogen-bond donors (Lipinski definition) is 2. The smallest absolute Gasteiger partial charge is 0.274 e. The molecule has 1 amide bonds. The molecule has 1 aromatic carbocycles. The van der Waals surface area contributed by atoms with Crippen molar-refractivity contribution in [1.82, 2.24) is 9.62 Å². The largest absolute Gasteiger partial charge is 0.339 e. The van der Waals surface area contributed by atoms with Crippen LogP contribution in [0, 0.1) is 0 Å². The van der Waals surface area contributed by atoms with E-state index in [0.29, 0.717) is 37.4 Å². The Balaban J connectivity index is 1.95. The summed E-state index contributed by atoms with van der Waals surface area (Å²) in [5, 5.41) is 4.97. The number of carbonyl (C=O) groups excluding carboxylic acids is 1. The number of benzene rings is 1. The Bertz CT molecular complexity index is 618. The molecular formula is C15H23N3O3S. The summed E-state index contributed by atoms with van der Waals surface area (Å²) in [6, 6.07) is 7.47. The van der Waals surface area contributed by atoms with Crippen LogP contribution in [0.25, 0.3) is 0 Å². The average molecular weight is 325 g/mol. The van der Waals surface area contributed by atoms with Crippen molar-refractivity contribution in [2.24, 2.45) is 5.14 Å². The maximum absolute atomic E-state index is 12.4. The summed E-state index contributed by atoms with van der Waals surface area (Å²) in [6.07, 6.45) is 1.15. The lowest BCUT2D eigenvalue weighted by Crippen LogP contribution is -2.48. The Morgan fingerprint density at radius 2 is 1.77 bits per heavy atom. The van der Waals surface area contributed by atoms with Crippen LogP contribution in [0.15, 0.2) is 24.3 Å². The van der Waals surface area contributed by atoms with E-state index in [9.17, 15) is 13.2 Å². The monoisotopic (exact) mass is 325 g/mol. The Hall–Kier alpha value is -1.44. The van der Waals surface area contributed by atoms with Crippen molar-refractivity contribution in [3.8, 4) is 0 Å². The van der Waals surface area contributed by atoms with Crippen molar-refractivity contribution in [2.45, 2.75) is 38.6 Å². The molecule has 0 aromatic heterocycles. The van der Waals surface area contributed by atoms with Crippen LogP contribution >= 0.6 is 0 Å². The Labute approximate surface area is 131 Å². The molecule has 1 aliphatic heterocycles. The lowest BCUT2D eigenvalue weighted by Gasteiger charge is -2.32. The summed E-state index contributed by atoms with van der Waals surface area (Å²) in [7, 11) is -3.68. The molecule has 0 radical (unpaired) electrons. The highest BCUT2D eigenvalue weighted by molar-refractivity contribution is 7.87. The van der Waals surface area contributed by atoms with E-state index in [1.54, 1.807) is 4.90 Å². The van der Waals surface area contributed by atoms with Gasteiger partial charge in [0.05, 0.1) is 0 Å². The predicted octanol–water partition coefficient (Wildman–Crippen LogP) is 1.21. The number of nitrogens with two attached hydrogens (primary N) is 1. The fourth-order valence-corrected chi connectivity index (χ4v) is 3.33. The zero-order valence-corrected chi connectivity index (χ0v) is 13.8. The quantitative estimate of drug-likeness (QED) is 0.871. The standard InChI is InChI=1S/C15H23N3O3S/c1-11(2)12-3-5-13(6-4-12)15(19)18-9-7-14(8-10-18)17-22(16,20)21/h3-6,11,14,17H,7-10H2,1-2H3,(H2,16,20,21). The maximum Gasteiger partial charge on any atom is 0.274 e. The molecule has 7 heteroatoms. The van der Waals surface area contributed by atoms with Gasteiger partial charge >= 0.3 is 0 Å². The molecule has 0 atom stereocenters. The van der Waals surface area contributed by atoms with Crippen LogP contribution < -0.4 is 9.86 Å². The van der Waals surface area contributed by atoms with Gasteiger partial charge in [-0.25, -0.2) is 5.14 Å². The maximum atomic E-state index is 12.4. The second-order valence-electron chi connectivity index (χ2n) is 6.01. The van der Waals surface area contributed by atoms with E-state index in [-0.39, 0.29) is 11.9 Å². The Kier molecular flexibility index (Phi) is 5.20. The van der Waals surface area contributed by atoms with E-state index in [0.717, 1.165) is 0 Å². The predicted molar refractivity (Wildman–Crippen MR) is 85.7 cm³/mol. The van der Waals surface area contributed by atoms with Gasteiger partial charge in [-0.05, 0) is 36.5 Å². The van der Waals surface area contributed by atoms with Crippen molar-refractivity contribution in [3.05, 3.63) is 35.4 Å². The summed E-state index contributed by atoms with van der Waals surface area (Å²) in [4.78, 5) is 14.2. The number of nitrogens with one attached hydrogen (secondary N) is 1. The first-order valence-electron chi connectivity index (χ1n) is 7.45. The van der Waals surface area contributed by atoms with E-state index in [1.165, 1.54) is 5.56 Å². The van der Waals surface area contributed by atoms with Crippen molar-refractivity contribution >= 4 is 16.1 Å². The first kappa shape index (κ1) is 16.9. The molecule has 22 heavy (non-hydrogen) atoms. The highest BCUT2D eigenvalue weighted by atomic mass is 32.2. The molecule has 0 spiro atoms. The van der Waals surface area contributed by atoms with Crippen molar-refractivity contribution in [2.75, 3.05) is 13.1 Å². The summed E-state index contributed by atoms with van der Waals surface area (Å²) in [6.45, 7) is 5.27. The van der Waals surface area contributed by atoms with Gasteiger partial charge in [-0.2, -0.15) is 13.1 Å². The molecule has 1 saturated heterocycles. The molecule has 0 bridgehead atoms. The van der Waals surface area contributed by atoms with Crippen molar-refractivity contribution in [3.63, 3.8) is 0 Å². The van der Waals surface area contributed by atoms with E-state index >= 15 is 0 Å². The number of piperidine rings is 1. The summed E-state index contributed by atoms with van der Waals surface area (Å²) in [5.74, 6) is 0.425. The molecule has 122 valence electrons. The molecule has 0 unspecified atom stereocenters. The molecule has 3 N–H and O–H groups in total. The average Bonchev–Trinajstić information content (AvgIpc) is 2.46. The number of rotatable bonds is 4. The molecule has 1 aromatic rings. The van der Waals surface area contributed by atoms with Gasteiger partial charge in [0.15, 0.2) is 0 Å². The molecule has 1 heterocycles. The minimum atomic E-state index is -3.68. The fourth-order valence-electron chi connectivity index (χ4n) is 2.63. The van der Waals surface area contributed by atoms with Gasteiger partial charge in [0, 0.05) is 24.7 Å². The van der Waals surface area contributed by atoms with Crippen molar-refractivity contribution < 1.29 is 13.2 Å². The third kappa shape index (κ3) is 4.53. The Morgan fingerprint density at radius 1 is 1.23 bits per heavy atom. The number of nitrogens with zero attached hydrogens (tertiary/aromatic N) is 1. The van der Waals surface area contributed by atoms with Crippen LogP contribution in [0.2, 0.25) is 0 Å². The van der Waals surface area contributed by atoms with Crippen LogP contribution in [-0.4, -0.2) is 38.4 Å². The van der Waals surface area contributed by atoms with Gasteiger partial charge in [-0.15, -0.1) is 0 Å². The molecule has 2 rings (SSSR count). The van der Waals surface area contributed by atoms with Crippen molar-refractivity contribution in [1.29, 1.82) is 0 Å². The summed E-state index contributed by atoms with van der Waals surface area (Å²) < 4.78 is 24.4. The minimum Gasteiger partial charge on any atom is -0.339 e. The SMILES string of the molecule is CC(C)c1ccc(C(=O)N2CCC(NS(N)(=O)=O)CC2)cc1. The minimum absolute atomic E-state index is 0.00985. The number of hydrogen-bond acceptors (Lipinski definition) is 3. The molecule has 1 fully saturated rings. The van der Waals surface area contributed by atoms with E-state index < -0.39 is 10.2 Å². The fraction of sp³-hybridized carbons (Fsp3) is 0.533. The number of carbonyl (C=O) groups is 1. The number of likely N-dealkylation sites (tertiary alicyclic amines) is 1. The molecular weight excluding hydrogens is 302 g/mol. The zero-order chi connectivity index (χ0) is 16.3. The number of amides is 1. The first-order chi connectivity index (χ1) is 10.3. The van der Waals surface area contributed by atoms with Gasteiger partial charge in [0.1, 0.15) is 0 Å². The summed E-state index contributed by atoms with van der Waals surface area (Å²) >= 11 is 0.